The normalized spacial score (nSPS) is 14.6. The molecule has 3 aromatic rings. The van der Waals surface area contributed by atoms with Crippen molar-refractivity contribution in [1.82, 2.24) is 15.0 Å². The highest BCUT2D eigenvalue weighted by Crippen LogP contribution is 2.35. The molecule has 0 radical (unpaired) electrons. The Morgan fingerprint density at radius 1 is 1.10 bits per heavy atom. The number of benzene rings is 2. The molecule has 0 spiro atoms. The molecule has 0 saturated heterocycles. The molecule has 1 aromatic heterocycles. The Bertz CT molecular complexity index is 766. The van der Waals surface area contributed by atoms with E-state index in [4.69, 9.17) is 4.99 Å². The van der Waals surface area contributed by atoms with Crippen molar-refractivity contribution in [2.45, 2.75) is 11.8 Å². The summed E-state index contributed by atoms with van der Waals surface area (Å²) in [7, 11) is 0. The third-order valence-electron chi connectivity index (χ3n) is 3.50. The highest BCUT2D eigenvalue weighted by atomic mass is 32.2. The van der Waals surface area contributed by atoms with E-state index in [-0.39, 0.29) is 4.87 Å². The van der Waals surface area contributed by atoms with Crippen LogP contribution in [-0.4, -0.2) is 27.6 Å². The van der Waals surface area contributed by atoms with Crippen LogP contribution in [0.15, 0.2) is 59.6 Å². The fourth-order valence-corrected chi connectivity index (χ4v) is 2.65. The Balaban J connectivity index is 1.97. The molecule has 1 atom stereocenters. The maximum atomic E-state index is 4.74. The fourth-order valence-electron chi connectivity index (χ4n) is 2.13. The Hall–Kier alpha value is -2.14. The van der Waals surface area contributed by atoms with E-state index in [0.717, 1.165) is 16.6 Å². The molecule has 5 heteroatoms. The maximum absolute atomic E-state index is 4.74. The summed E-state index contributed by atoms with van der Waals surface area (Å²) in [4.78, 5) is 4.40. The lowest BCUT2D eigenvalue weighted by atomic mass is 10.1. The van der Waals surface area contributed by atoms with Gasteiger partial charge in [0.05, 0.1) is 5.52 Å². The van der Waals surface area contributed by atoms with Gasteiger partial charge in [0.1, 0.15) is 16.7 Å². The third-order valence-corrected chi connectivity index (χ3v) is 4.63. The van der Waals surface area contributed by atoms with Crippen molar-refractivity contribution >= 4 is 29.1 Å². The topological polar surface area (TPSA) is 43.1 Å². The summed E-state index contributed by atoms with van der Waals surface area (Å²) in [5.74, 6) is 0. The lowest BCUT2D eigenvalue weighted by Gasteiger charge is -2.23. The first kappa shape index (κ1) is 13.8. The predicted octanol–water partition coefficient (Wildman–Crippen LogP) is 3.54. The van der Waals surface area contributed by atoms with Crippen LogP contribution >= 0.6 is 11.8 Å². The summed E-state index contributed by atoms with van der Waals surface area (Å²) in [6, 6.07) is 18.1. The quantitative estimate of drug-likeness (QED) is 0.546. The van der Waals surface area contributed by atoms with Gasteiger partial charge in [0.25, 0.3) is 0 Å². The largest absolute Gasteiger partial charge is 0.251 e. The van der Waals surface area contributed by atoms with Gasteiger partial charge in [-0.2, -0.15) is 0 Å². The van der Waals surface area contributed by atoms with Crippen LogP contribution in [0.5, 0.6) is 0 Å². The van der Waals surface area contributed by atoms with E-state index >= 15 is 0 Å². The standard InChI is InChI=1S/C16H16N4S/c1-16(21-2,13-8-4-3-5-9-13)17-12-20-15-11-7-6-10-14(15)18-19-20/h3-12H,1-2H3/b17-12-. The number of thioether (sulfide) groups is 1. The zero-order valence-electron chi connectivity index (χ0n) is 12.0. The van der Waals surface area contributed by atoms with Crippen molar-refractivity contribution in [3.63, 3.8) is 0 Å². The van der Waals surface area contributed by atoms with E-state index in [1.807, 2.05) is 42.5 Å². The van der Waals surface area contributed by atoms with E-state index in [1.54, 1.807) is 22.8 Å². The van der Waals surface area contributed by atoms with Crippen LogP contribution in [-0.2, 0) is 4.87 Å². The first-order valence-electron chi connectivity index (χ1n) is 6.69. The van der Waals surface area contributed by atoms with Crippen molar-refractivity contribution in [2.75, 3.05) is 6.26 Å². The number of hydrogen-bond donors (Lipinski definition) is 0. The molecule has 2 aromatic carbocycles. The van der Waals surface area contributed by atoms with Crippen LogP contribution in [0.2, 0.25) is 0 Å². The number of aliphatic imine (C=N–C) groups is 1. The second-order valence-electron chi connectivity index (χ2n) is 4.82. The van der Waals surface area contributed by atoms with Crippen LogP contribution in [0.1, 0.15) is 12.5 Å². The predicted molar refractivity (Wildman–Crippen MR) is 88.7 cm³/mol. The van der Waals surface area contributed by atoms with E-state index in [1.165, 1.54) is 0 Å². The molecule has 0 fully saturated rings. The number of fused-ring (bicyclic) bond motifs is 1. The van der Waals surface area contributed by atoms with Gasteiger partial charge in [-0.15, -0.1) is 16.9 Å². The van der Waals surface area contributed by atoms with Gasteiger partial charge in [-0.25, -0.2) is 4.68 Å². The first-order chi connectivity index (χ1) is 10.2. The Kier molecular flexibility index (Phi) is 3.75. The number of hydrogen-bond acceptors (Lipinski definition) is 4. The highest BCUT2D eigenvalue weighted by Gasteiger charge is 2.23. The Morgan fingerprint density at radius 2 is 1.81 bits per heavy atom. The van der Waals surface area contributed by atoms with Crippen LogP contribution in [0, 0.1) is 0 Å². The molecule has 0 aliphatic heterocycles. The summed E-state index contributed by atoms with van der Waals surface area (Å²) in [6.45, 7) is 2.10. The molecule has 106 valence electrons. The smallest absolute Gasteiger partial charge is 0.130 e. The Morgan fingerprint density at radius 3 is 2.57 bits per heavy atom. The fraction of sp³-hybridized carbons (Fsp3) is 0.188. The first-order valence-corrected chi connectivity index (χ1v) is 7.91. The molecule has 3 rings (SSSR count). The van der Waals surface area contributed by atoms with E-state index in [9.17, 15) is 0 Å². The molecule has 0 bridgehead atoms. The Labute approximate surface area is 127 Å². The van der Waals surface area contributed by atoms with Crippen molar-refractivity contribution < 1.29 is 0 Å². The van der Waals surface area contributed by atoms with Gasteiger partial charge in [-0.05, 0) is 30.9 Å². The van der Waals surface area contributed by atoms with Gasteiger partial charge >= 0.3 is 0 Å². The van der Waals surface area contributed by atoms with Gasteiger partial charge in [-0.1, -0.05) is 47.7 Å². The van der Waals surface area contributed by atoms with Crippen molar-refractivity contribution in [2.24, 2.45) is 4.99 Å². The molecular weight excluding hydrogens is 280 g/mol. The van der Waals surface area contributed by atoms with Gasteiger partial charge in [0, 0.05) is 0 Å². The monoisotopic (exact) mass is 296 g/mol. The van der Waals surface area contributed by atoms with Crippen molar-refractivity contribution in [3.8, 4) is 0 Å². The molecule has 0 aliphatic carbocycles. The van der Waals surface area contributed by atoms with E-state index < -0.39 is 0 Å². The molecular formula is C16H16N4S. The maximum Gasteiger partial charge on any atom is 0.130 e. The summed E-state index contributed by atoms with van der Waals surface area (Å²) >= 11 is 1.69. The van der Waals surface area contributed by atoms with E-state index in [2.05, 4.69) is 35.6 Å². The van der Waals surface area contributed by atoms with Gasteiger partial charge in [0.15, 0.2) is 0 Å². The summed E-state index contributed by atoms with van der Waals surface area (Å²) in [6.07, 6.45) is 3.81. The lowest BCUT2D eigenvalue weighted by molar-refractivity contribution is 0.734. The summed E-state index contributed by atoms with van der Waals surface area (Å²) in [5, 5.41) is 8.27. The minimum absolute atomic E-state index is 0.339. The minimum Gasteiger partial charge on any atom is -0.251 e. The second-order valence-corrected chi connectivity index (χ2v) is 6.02. The molecule has 0 amide bonds. The molecule has 0 N–H and O–H groups in total. The van der Waals surface area contributed by atoms with Crippen LogP contribution in [0.25, 0.3) is 11.0 Å². The average Bonchev–Trinajstić information content (AvgIpc) is 2.97. The van der Waals surface area contributed by atoms with E-state index in [0.29, 0.717) is 0 Å². The molecule has 0 aliphatic rings. The number of aromatic nitrogens is 3. The van der Waals surface area contributed by atoms with Crippen LogP contribution in [0.3, 0.4) is 0 Å². The van der Waals surface area contributed by atoms with Crippen molar-refractivity contribution in [1.29, 1.82) is 0 Å². The number of nitrogens with zero attached hydrogens (tertiary/aromatic N) is 4. The second kappa shape index (κ2) is 5.69. The van der Waals surface area contributed by atoms with Crippen LogP contribution in [0.4, 0.5) is 0 Å². The highest BCUT2D eigenvalue weighted by molar-refractivity contribution is 7.99. The number of rotatable bonds is 4. The van der Waals surface area contributed by atoms with Gasteiger partial charge < -0.3 is 0 Å². The summed E-state index contributed by atoms with van der Waals surface area (Å²) in [5.41, 5.74) is 2.99. The molecule has 4 nitrogen and oxygen atoms in total. The number of para-hydroxylation sites is 1. The third kappa shape index (κ3) is 2.69. The lowest BCUT2D eigenvalue weighted by Crippen LogP contribution is -2.15. The van der Waals surface area contributed by atoms with Crippen LogP contribution < -0.4 is 0 Å². The zero-order valence-corrected chi connectivity index (χ0v) is 12.8. The van der Waals surface area contributed by atoms with Gasteiger partial charge in [-0.3, -0.25) is 4.99 Å². The zero-order chi connectivity index (χ0) is 14.7. The molecule has 1 heterocycles. The molecule has 21 heavy (non-hydrogen) atoms. The average molecular weight is 296 g/mol. The SMILES string of the molecule is CSC(C)(/N=C\n1nnc2ccccc21)c1ccccc1. The summed E-state index contributed by atoms with van der Waals surface area (Å²) < 4.78 is 1.72. The molecule has 0 saturated carbocycles. The van der Waals surface area contributed by atoms with Gasteiger partial charge in [0.2, 0.25) is 0 Å². The van der Waals surface area contributed by atoms with Crippen molar-refractivity contribution in [3.05, 3.63) is 60.2 Å². The molecule has 1 unspecified atom stereocenters. The minimum atomic E-state index is -0.339.